The lowest BCUT2D eigenvalue weighted by molar-refractivity contribution is 0.111. The monoisotopic (exact) mass is 383 g/mol. The van der Waals surface area contributed by atoms with Crippen LogP contribution < -0.4 is 4.74 Å². The third-order valence-corrected chi connectivity index (χ3v) is 5.20. The van der Waals surface area contributed by atoms with Crippen molar-refractivity contribution in [1.82, 2.24) is 25.1 Å². The lowest BCUT2D eigenvalue weighted by Crippen LogP contribution is -2.45. The van der Waals surface area contributed by atoms with Crippen LogP contribution in [0.15, 0.2) is 33.3 Å². The third kappa shape index (κ3) is 4.07. The molecule has 1 aromatic carbocycles. The van der Waals surface area contributed by atoms with Gasteiger partial charge in [-0.2, -0.15) is 4.98 Å². The third-order valence-electron chi connectivity index (χ3n) is 5.20. The van der Waals surface area contributed by atoms with E-state index in [9.17, 15) is 0 Å². The van der Waals surface area contributed by atoms with E-state index in [4.69, 9.17) is 13.8 Å². The van der Waals surface area contributed by atoms with Gasteiger partial charge in [0.25, 0.3) is 0 Å². The second kappa shape index (κ2) is 8.12. The van der Waals surface area contributed by atoms with Gasteiger partial charge in [-0.05, 0) is 38.1 Å². The summed E-state index contributed by atoms with van der Waals surface area (Å²) in [6.45, 7) is 9.43. The molecule has 0 amide bonds. The van der Waals surface area contributed by atoms with Gasteiger partial charge in [-0.25, -0.2) is 0 Å². The topological polar surface area (TPSA) is 80.7 Å². The number of benzene rings is 1. The Labute approximate surface area is 164 Å². The van der Waals surface area contributed by atoms with Gasteiger partial charge < -0.3 is 13.8 Å². The van der Waals surface area contributed by atoms with E-state index in [1.165, 1.54) is 5.56 Å². The summed E-state index contributed by atoms with van der Waals surface area (Å²) in [4.78, 5) is 9.31. The molecule has 1 aliphatic heterocycles. The van der Waals surface area contributed by atoms with Crippen LogP contribution in [-0.2, 0) is 13.1 Å². The molecule has 0 N–H and O–H groups in total. The highest BCUT2D eigenvalue weighted by Crippen LogP contribution is 2.21. The minimum absolute atomic E-state index is 0.606. The van der Waals surface area contributed by atoms with Crippen molar-refractivity contribution >= 4 is 0 Å². The van der Waals surface area contributed by atoms with Crippen molar-refractivity contribution in [3.8, 4) is 17.1 Å². The predicted octanol–water partition coefficient (Wildman–Crippen LogP) is 2.67. The highest BCUT2D eigenvalue weighted by atomic mass is 16.5. The zero-order valence-corrected chi connectivity index (χ0v) is 16.5. The first-order chi connectivity index (χ1) is 13.6. The Bertz CT molecular complexity index is 891. The van der Waals surface area contributed by atoms with Crippen molar-refractivity contribution in [2.45, 2.75) is 26.9 Å². The molecule has 0 bridgehead atoms. The maximum Gasteiger partial charge on any atom is 0.241 e. The van der Waals surface area contributed by atoms with E-state index < -0.39 is 0 Å². The molecule has 0 saturated carbocycles. The number of hydrogen-bond donors (Lipinski definition) is 0. The molecule has 2 aromatic heterocycles. The van der Waals surface area contributed by atoms with Crippen LogP contribution >= 0.6 is 0 Å². The molecule has 1 fully saturated rings. The quantitative estimate of drug-likeness (QED) is 0.643. The van der Waals surface area contributed by atoms with E-state index >= 15 is 0 Å². The predicted molar refractivity (Wildman–Crippen MR) is 103 cm³/mol. The lowest BCUT2D eigenvalue weighted by atomic mass is 10.2. The van der Waals surface area contributed by atoms with Crippen LogP contribution in [-0.4, -0.2) is 58.4 Å². The van der Waals surface area contributed by atoms with Crippen molar-refractivity contribution in [3.63, 3.8) is 0 Å². The summed E-state index contributed by atoms with van der Waals surface area (Å²) in [6, 6.07) is 7.65. The number of ether oxygens (including phenoxy) is 1. The highest BCUT2D eigenvalue weighted by molar-refractivity contribution is 5.55. The average molecular weight is 383 g/mol. The molecule has 148 valence electrons. The molecule has 3 heterocycles. The van der Waals surface area contributed by atoms with Crippen molar-refractivity contribution in [3.05, 3.63) is 47.2 Å². The molecule has 0 radical (unpaired) electrons. The fourth-order valence-electron chi connectivity index (χ4n) is 3.42. The lowest BCUT2D eigenvalue weighted by Gasteiger charge is -2.33. The van der Waals surface area contributed by atoms with Crippen molar-refractivity contribution in [1.29, 1.82) is 0 Å². The molecule has 0 atom stereocenters. The van der Waals surface area contributed by atoms with Gasteiger partial charge in [0.2, 0.25) is 11.7 Å². The van der Waals surface area contributed by atoms with E-state index in [0.29, 0.717) is 18.3 Å². The van der Waals surface area contributed by atoms with Crippen molar-refractivity contribution in [2.75, 3.05) is 33.3 Å². The summed E-state index contributed by atoms with van der Waals surface area (Å²) in [5.74, 6) is 2.97. The Morgan fingerprint density at radius 3 is 2.21 bits per heavy atom. The summed E-state index contributed by atoms with van der Waals surface area (Å²) >= 11 is 0. The molecule has 3 aromatic rings. The van der Waals surface area contributed by atoms with Crippen molar-refractivity contribution < 1.29 is 13.8 Å². The molecule has 8 heteroatoms. The molecular formula is C20H25N5O3. The van der Waals surface area contributed by atoms with Gasteiger partial charge in [-0.15, -0.1) is 0 Å². The molecule has 1 saturated heterocycles. The number of hydrogen-bond acceptors (Lipinski definition) is 8. The van der Waals surface area contributed by atoms with E-state index in [1.54, 1.807) is 7.11 Å². The summed E-state index contributed by atoms with van der Waals surface area (Å²) < 4.78 is 15.9. The van der Waals surface area contributed by atoms with Gasteiger partial charge in [0.05, 0.1) is 19.3 Å². The average Bonchev–Trinajstić information content (AvgIpc) is 3.31. The van der Waals surface area contributed by atoms with Crippen LogP contribution in [0.5, 0.6) is 5.75 Å². The maximum absolute atomic E-state index is 5.45. The van der Waals surface area contributed by atoms with E-state index in [1.807, 2.05) is 38.1 Å². The van der Waals surface area contributed by atoms with Crippen molar-refractivity contribution in [2.24, 2.45) is 0 Å². The molecule has 0 spiro atoms. The molecule has 1 aliphatic rings. The molecule has 8 nitrogen and oxygen atoms in total. The Hall–Kier alpha value is -2.71. The second-order valence-electron chi connectivity index (χ2n) is 7.10. The maximum atomic E-state index is 5.45. The molecular weight excluding hydrogens is 358 g/mol. The van der Waals surface area contributed by atoms with Gasteiger partial charge in [-0.3, -0.25) is 9.80 Å². The summed E-state index contributed by atoms with van der Waals surface area (Å²) in [6.07, 6.45) is 0. The van der Waals surface area contributed by atoms with Gasteiger partial charge in [0.15, 0.2) is 0 Å². The smallest absolute Gasteiger partial charge is 0.241 e. The van der Waals surface area contributed by atoms with E-state index in [-0.39, 0.29) is 0 Å². The number of methoxy groups -OCH3 is 1. The Kier molecular flexibility index (Phi) is 5.40. The molecule has 0 unspecified atom stereocenters. The normalized spacial score (nSPS) is 15.8. The summed E-state index contributed by atoms with van der Waals surface area (Å²) in [5.41, 5.74) is 3.10. The van der Waals surface area contributed by atoms with Crippen LogP contribution in [0.1, 0.15) is 22.9 Å². The highest BCUT2D eigenvalue weighted by Gasteiger charge is 2.21. The van der Waals surface area contributed by atoms with Crippen LogP contribution in [0.3, 0.4) is 0 Å². The fraction of sp³-hybridized carbons (Fsp3) is 0.450. The largest absolute Gasteiger partial charge is 0.497 e. The first-order valence-electron chi connectivity index (χ1n) is 9.46. The molecule has 0 aliphatic carbocycles. The van der Waals surface area contributed by atoms with Gasteiger partial charge in [0.1, 0.15) is 11.5 Å². The standard InChI is InChI=1S/C20H25N5O3/c1-14-18(15(2)27-22-14)12-24-8-10-25(11-9-24)13-19-21-20(23-28-19)16-4-6-17(26-3)7-5-16/h4-7H,8-13H2,1-3H3. The van der Waals surface area contributed by atoms with E-state index in [0.717, 1.165) is 55.5 Å². The van der Waals surface area contributed by atoms with Gasteiger partial charge in [-0.1, -0.05) is 10.3 Å². The van der Waals surface area contributed by atoms with Crippen LogP contribution in [0.25, 0.3) is 11.4 Å². The van der Waals surface area contributed by atoms with Gasteiger partial charge >= 0.3 is 0 Å². The first-order valence-corrected chi connectivity index (χ1v) is 9.46. The first kappa shape index (κ1) is 18.6. The molecule has 4 rings (SSSR count). The van der Waals surface area contributed by atoms with Gasteiger partial charge in [0, 0.05) is 43.9 Å². The SMILES string of the molecule is COc1ccc(-c2noc(CN3CCN(Cc4c(C)noc4C)CC3)n2)cc1. The van der Waals surface area contributed by atoms with Crippen LogP contribution in [0, 0.1) is 13.8 Å². The number of rotatable bonds is 6. The number of aryl methyl sites for hydroxylation is 2. The number of nitrogens with zero attached hydrogens (tertiary/aromatic N) is 5. The zero-order valence-electron chi connectivity index (χ0n) is 16.5. The minimum Gasteiger partial charge on any atom is -0.497 e. The second-order valence-corrected chi connectivity index (χ2v) is 7.10. The zero-order chi connectivity index (χ0) is 19.5. The molecule has 28 heavy (non-hydrogen) atoms. The van der Waals surface area contributed by atoms with Crippen LogP contribution in [0.4, 0.5) is 0 Å². The number of piperazine rings is 1. The fourth-order valence-corrected chi connectivity index (χ4v) is 3.42. The van der Waals surface area contributed by atoms with E-state index in [2.05, 4.69) is 25.1 Å². The Balaban J connectivity index is 1.31. The minimum atomic E-state index is 0.606. The Morgan fingerprint density at radius 1 is 0.929 bits per heavy atom. The van der Waals surface area contributed by atoms with Crippen LogP contribution in [0.2, 0.25) is 0 Å². The summed E-state index contributed by atoms with van der Waals surface area (Å²) in [7, 11) is 1.65. The number of aromatic nitrogens is 3. The summed E-state index contributed by atoms with van der Waals surface area (Å²) in [5, 5.41) is 8.15. The Morgan fingerprint density at radius 2 is 1.61 bits per heavy atom.